The van der Waals surface area contributed by atoms with Gasteiger partial charge in [0, 0.05) is 13.1 Å². The third-order valence-corrected chi connectivity index (χ3v) is 2.68. The predicted molar refractivity (Wildman–Crippen MR) is 73.5 cm³/mol. The lowest BCUT2D eigenvalue weighted by Crippen LogP contribution is -2.35. The largest absolute Gasteiger partial charge is 0.363 e. The first-order chi connectivity index (χ1) is 7.72. The van der Waals surface area contributed by atoms with Crippen LogP contribution in [0.1, 0.15) is 30.9 Å². The Balaban J connectivity index is 2.23. The summed E-state index contributed by atoms with van der Waals surface area (Å²) in [7, 11) is 0. The van der Waals surface area contributed by atoms with Crippen molar-refractivity contribution in [3.63, 3.8) is 0 Å². The maximum absolute atomic E-state index is 5.17. The number of unbranched alkanes of at least 4 members (excludes halogenated alkanes) is 1. The van der Waals surface area contributed by atoms with Crippen LogP contribution in [-0.2, 0) is 6.54 Å². The van der Waals surface area contributed by atoms with Gasteiger partial charge in [0.15, 0.2) is 5.11 Å². The highest BCUT2D eigenvalue weighted by molar-refractivity contribution is 7.80. The summed E-state index contributed by atoms with van der Waals surface area (Å²) in [6, 6.07) is 8.48. The maximum atomic E-state index is 5.17. The first-order valence-electron chi connectivity index (χ1n) is 5.79. The zero-order valence-electron chi connectivity index (χ0n) is 10.0. The van der Waals surface area contributed by atoms with Crippen molar-refractivity contribution in [2.24, 2.45) is 0 Å². The highest BCUT2D eigenvalue weighted by atomic mass is 32.1. The molecule has 2 nitrogen and oxygen atoms in total. The van der Waals surface area contributed by atoms with Crippen LogP contribution < -0.4 is 10.6 Å². The molecule has 0 spiro atoms. The quantitative estimate of drug-likeness (QED) is 0.607. The van der Waals surface area contributed by atoms with Crippen LogP contribution in [0.15, 0.2) is 24.3 Å². The van der Waals surface area contributed by atoms with Gasteiger partial charge in [-0.3, -0.25) is 0 Å². The van der Waals surface area contributed by atoms with Crippen LogP contribution in [0.4, 0.5) is 0 Å². The molecule has 0 heterocycles. The molecule has 0 bridgehead atoms. The van der Waals surface area contributed by atoms with Crippen LogP contribution >= 0.6 is 12.2 Å². The van der Waals surface area contributed by atoms with E-state index in [4.69, 9.17) is 12.2 Å². The molecule has 1 rings (SSSR count). The minimum absolute atomic E-state index is 0.744. The topological polar surface area (TPSA) is 24.1 Å². The normalized spacial score (nSPS) is 9.88. The van der Waals surface area contributed by atoms with Crippen molar-refractivity contribution < 1.29 is 0 Å². The van der Waals surface area contributed by atoms with Gasteiger partial charge in [-0.2, -0.15) is 0 Å². The number of hydrogen-bond donors (Lipinski definition) is 2. The summed E-state index contributed by atoms with van der Waals surface area (Å²) in [6.07, 6.45) is 2.35. The highest BCUT2D eigenvalue weighted by Crippen LogP contribution is 2.02. The number of hydrogen-bond acceptors (Lipinski definition) is 1. The van der Waals surface area contributed by atoms with Gasteiger partial charge in [0.05, 0.1) is 0 Å². The molecule has 0 saturated carbocycles. The Hall–Kier alpha value is -1.09. The fourth-order valence-electron chi connectivity index (χ4n) is 1.33. The van der Waals surface area contributed by atoms with E-state index in [1.165, 1.54) is 17.5 Å². The van der Waals surface area contributed by atoms with Gasteiger partial charge in [0.25, 0.3) is 0 Å². The second kappa shape index (κ2) is 7.23. The molecule has 0 amide bonds. The molecule has 0 aliphatic carbocycles. The average Bonchev–Trinajstić information content (AvgIpc) is 2.29. The number of rotatable bonds is 5. The molecule has 16 heavy (non-hydrogen) atoms. The molecule has 0 saturated heterocycles. The third-order valence-electron chi connectivity index (χ3n) is 2.39. The van der Waals surface area contributed by atoms with Crippen molar-refractivity contribution in [1.82, 2.24) is 10.6 Å². The van der Waals surface area contributed by atoms with Crippen LogP contribution in [0.25, 0.3) is 0 Å². The van der Waals surface area contributed by atoms with E-state index in [9.17, 15) is 0 Å². The molecular weight excluding hydrogens is 216 g/mol. The molecule has 88 valence electrons. The Labute approximate surface area is 103 Å². The minimum atomic E-state index is 0.744. The summed E-state index contributed by atoms with van der Waals surface area (Å²) in [5.41, 5.74) is 2.54. The fraction of sp³-hybridized carbons (Fsp3) is 0.462. The van der Waals surface area contributed by atoms with Gasteiger partial charge < -0.3 is 10.6 Å². The highest BCUT2D eigenvalue weighted by Gasteiger charge is 1.95. The molecule has 0 aromatic heterocycles. The summed E-state index contributed by atoms with van der Waals surface area (Å²) >= 11 is 5.17. The molecule has 1 aromatic rings. The number of aryl methyl sites for hydroxylation is 1. The molecule has 0 unspecified atom stereocenters. The van der Waals surface area contributed by atoms with Gasteiger partial charge in [-0.1, -0.05) is 43.2 Å². The Morgan fingerprint density at radius 2 is 1.88 bits per heavy atom. The van der Waals surface area contributed by atoms with E-state index >= 15 is 0 Å². The van der Waals surface area contributed by atoms with Crippen molar-refractivity contribution in [2.75, 3.05) is 6.54 Å². The Bertz CT molecular complexity index is 319. The summed E-state index contributed by atoms with van der Waals surface area (Å²) in [4.78, 5) is 0. The van der Waals surface area contributed by atoms with E-state index in [1.807, 2.05) is 0 Å². The van der Waals surface area contributed by atoms with E-state index in [-0.39, 0.29) is 0 Å². The van der Waals surface area contributed by atoms with Crippen LogP contribution in [0, 0.1) is 6.92 Å². The van der Waals surface area contributed by atoms with E-state index in [2.05, 4.69) is 48.7 Å². The van der Waals surface area contributed by atoms with Gasteiger partial charge in [-0.05, 0) is 31.1 Å². The zero-order valence-corrected chi connectivity index (χ0v) is 10.9. The van der Waals surface area contributed by atoms with E-state index in [1.54, 1.807) is 0 Å². The SMILES string of the molecule is CCCCNC(=S)NCc1ccc(C)cc1. The minimum Gasteiger partial charge on any atom is -0.363 e. The van der Waals surface area contributed by atoms with Gasteiger partial charge in [-0.15, -0.1) is 0 Å². The van der Waals surface area contributed by atoms with Crippen molar-refractivity contribution in [3.8, 4) is 0 Å². The third kappa shape index (κ3) is 5.12. The van der Waals surface area contributed by atoms with E-state index in [0.29, 0.717) is 0 Å². The fourth-order valence-corrected chi connectivity index (χ4v) is 1.50. The van der Waals surface area contributed by atoms with Gasteiger partial charge in [-0.25, -0.2) is 0 Å². The van der Waals surface area contributed by atoms with Crippen molar-refractivity contribution >= 4 is 17.3 Å². The van der Waals surface area contributed by atoms with Crippen molar-refractivity contribution in [1.29, 1.82) is 0 Å². The van der Waals surface area contributed by atoms with Gasteiger partial charge in [0.2, 0.25) is 0 Å². The zero-order chi connectivity index (χ0) is 11.8. The lowest BCUT2D eigenvalue weighted by Gasteiger charge is -2.10. The van der Waals surface area contributed by atoms with Crippen LogP contribution in [-0.4, -0.2) is 11.7 Å². The monoisotopic (exact) mass is 236 g/mol. The average molecular weight is 236 g/mol. The summed E-state index contributed by atoms with van der Waals surface area (Å²) < 4.78 is 0. The molecule has 2 N–H and O–H groups in total. The van der Waals surface area contributed by atoms with E-state index < -0.39 is 0 Å². The van der Waals surface area contributed by atoms with Gasteiger partial charge in [0.1, 0.15) is 0 Å². The Kier molecular flexibility index (Phi) is 5.86. The number of nitrogens with one attached hydrogen (secondary N) is 2. The number of benzene rings is 1. The van der Waals surface area contributed by atoms with Crippen molar-refractivity contribution in [3.05, 3.63) is 35.4 Å². The molecule has 1 aromatic carbocycles. The molecule has 3 heteroatoms. The maximum Gasteiger partial charge on any atom is 0.166 e. The summed E-state index contributed by atoms with van der Waals surface area (Å²) in [5.74, 6) is 0. The lowest BCUT2D eigenvalue weighted by atomic mass is 10.1. The molecule has 0 aliphatic rings. The standard InChI is InChI=1S/C13H20N2S/c1-3-4-9-14-13(16)15-10-12-7-5-11(2)6-8-12/h5-8H,3-4,9-10H2,1-2H3,(H2,14,15,16). The number of thiocarbonyl (C=S) groups is 1. The summed E-state index contributed by atoms with van der Waals surface area (Å²) in [5, 5.41) is 7.13. The van der Waals surface area contributed by atoms with E-state index in [0.717, 1.165) is 24.6 Å². The lowest BCUT2D eigenvalue weighted by molar-refractivity contribution is 0.739. The molecule has 0 aliphatic heterocycles. The predicted octanol–water partition coefficient (Wildman–Crippen LogP) is 2.76. The van der Waals surface area contributed by atoms with Crippen LogP contribution in [0.3, 0.4) is 0 Å². The summed E-state index contributed by atoms with van der Waals surface area (Å²) in [6.45, 7) is 6.01. The molecule has 0 fully saturated rings. The van der Waals surface area contributed by atoms with Crippen molar-refractivity contribution in [2.45, 2.75) is 33.2 Å². The first-order valence-corrected chi connectivity index (χ1v) is 6.20. The van der Waals surface area contributed by atoms with Crippen LogP contribution in [0.2, 0.25) is 0 Å². The second-order valence-corrected chi connectivity index (χ2v) is 4.36. The van der Waals surface area contributed by atoms with Crippen LogP contribution in [0.5, 0.6) is 0 Å². The smallest absolute Gasteiger partial charge is 0.166 e. The Morgan fingerprint density at radius 3 is 2.50 bits per heavy atom. The molecule has 0 atom stereocenters. The molecular formula is C13H20N2S. The first kappa shape index (κ1) is 13.0. The van der Waals surface area contributed by atoms with Gasteiger partial charge >= 0.3 is 0 Å². The Morgan fingerprint density at radius 1 is 1.19 bits per heavy atom. The second-order valence-electron chi connectivity index (χ2n) is 3.95. The molecule has 0 radical (unpaired) electrons.